The molecule has 2 rings (SSSR count). The predicted octanol–water partition coefficient (Wildman–Crippen LogP) is 4.06. The van der Waals surface area contributed by atoms with Crippen LogP contribution in [-0.2, 0) is 0 Å². The maximum absolute atomic E-state index is 5.96. The largest absolute Gasteiger partial charge is 0.385 e. The van der Waals surface area contributed by atoms with Crippen LogP contribution in [0.25, 0.3) is 0 Å². The third-order valence-corrected chi connectivity index (χ3v) is 3.78. The van der Waals surface area contributed by atoms with Crippen molar-refractivity contribution >= 4 is 28.9 Å². The summed E-state index contributed by atoms with van der Waals surface area (Å²) >= 11 is 11.8. The molecule has 1 aromatic rings. The van der Waals surface area contributed by atoms with E-state index in [1.165, 1.54) is 13.0 Å². The van der Waals surface area contributed by atoms with Gasteiger partial charge in [-0.15, -0.1) is 0 Å². The van der Waals surface area contributed by atoms with Crippen LogP contribution in [0.2, 0.25) is 10.0 Å². The van der Waals surface area contributed by atoms with Crippen molar-refractivity contribution < 1.29 is 0 Å². The highest BCUT2D eigenvalue weighted by Gasteiger charge is 2.05. The van der Waals surface area contributed by atoms with Gasteiger partial charge in [-0.25, -0.2) is 0 Å². The van der Waals surface area contributed by atoms with Crippen LogP contribution < -0.4 is 5.32 Å². The first kappa shape index (κ1) is 13.7. The molecule has 1 heterocycles. The second-order valence-electron chi connectivity index (χ2n) is 4.47. The Balaban J connectivity index is 1.68. The number of hydrogen-bond donors (Lipinski definition) is 1. The zero-order valence-electron chi connectivity index (χ0n) is 10.3. The minimum Gasteiger partial charge on any atom is -0.385 e. The number of benzene rings is 1. The molecule has 1 aliphatic rings. The zero-order valence-corrected chi connectivity index (χ0v) is 11.8. The molecule has 0 bridgehead atoms. The first-order chi connectivity index (χ1) is 8.75. The standard InChI is InChI=1S/C14H18Cl2N2/c15-13-6-5-12(11-14(13)16)17-7-4-10-18-8-2-1-3-9-18/h1-2,5-6,11,17H,3-4,7-10H2. The fraction of sp³-hybridized carbons (Fsp3) is 0.429. The molecule has 0 spiro atoms. The summed E-state index contributed by atoms with van der Waals surface area (Å²) < 4.78 is 0. The number of anilines is 1. The van der Waals surface area contributed by atoms with Gasteiger partial charge < -0.3 is 5.32 Å². The summed E-state index contributed by atoms with van der Waals surface area (Å²) in [5.41, 5.74) is 1.03. The van der Waals surface area contributed by atoms with Gasteiger partial charge in [-0.1, -0.05) is 35.4 Å². The average Bonchev–Trinajstić information content (AvgIpc) is 2.40. The highest BCUT2D eigenvalue weighted by atomic mass is 35.5. The third kappa shape index (κ3) is 4.20. The van der Waals surface area contributed by atoms with Crippen molar-refractivity contribution in [2.45, 2.75) is 12.8 Å². The normalized spacial score (nSPS) is 15.9. The smallest absolute Gasteiger partial charge is 0.0612 e. The van der Waals surface area contributed by atoms with Gasteiger partial charge in [0.15, 0.2) is 0 Å². The fourth-order valence-electron chi connectivity index (χ4n) is 2.03. The van der Waals surface area contributed by atoms with Crippen molar-refractivity contribution in [1.82, 2.24) is 4.90 Å². The lowest BCUT2D eigenvalue weighted by Gasteiger charge is -2.22. The molecule has 0 aliphatic carbocycles. The van der Waals surface area contributed by atoms with Crippen LogP contribution in [0.4, 0.5) is 5.69 Å². The molecule has 0 saturated carbocycles. The molecule has 0 fully saturated rings. The van der Waals surface area contributed by atoms with E-state index < -0.39 is 0 Å². The SMILES string of the molecule is Clc1ccc(NCCCN2CC=CCC2)cc1Cl. The van der Waals surface area contributed by atoms with Crippen LogP contribution >= 0.6 is 23.2 Å². The Labute approximate surface area is 119 Å². The summed E-state index contributed by atoms with van der Waals surface area (Å²) in [5, 5.41) is 4.56. The Bertz CT molecular complexity index is 418. The molecule has 0 atom stereocenters. The maximum Gasteiger partial charge on any atom is 0.0612 e. The van der Waals surface area contributed by atoms with Crippen molar-refractivity contribution in [3.05, 3.63) is 40.4 Å². The third-order valence-electron chi connectivity index (χ3n) is 3.04. The zero-order chi connectivity index (χ0) is 12.8. The number of hydrogen-bond acceptors (Lipinski definition) is 2. The van der Waals surface area contributed by atoms with Gasteiger partial charge in [0.25, 0.3) is 0 Å². The molecule has 98 valence electrons. The minimum absolute atomic E-state index is 0.599. The van der Waals surface area contributed by atoms with Crippen LogP contribution in [0.5, 0.6) is 0 Å². The Morgan fingerprint density at radius 3 is 2.78 bits per heavy atom. The Morgan fingerprint density at radius 2 is 2.06 bits per heavy atom. The Kier molecular flexibility index (Phi) is 5.36. The molecule has 4 heteroatoms. The molecule has 0 radical (unpaired) electrons. The monoisotopic (exact) mass is 284 g/mol. The minimum atomic E-state index is 0.599. The van der Waals surface area contributed by atoms with Gasteiger partial charge in [-0.2, -0.15) is 0 Å². The summed E-state index contributed by atoms with van der Waals surface area (Å²) in [6.45, 7) is 4.37. The number of nitrogens with one attached hydrogen (secondary N) is 1. The number of nitrogens with zero attached hydrogens (tertiary/aromatic N) is 1. The molecule has 2 nitrogen and oxygen atoms in total. The highest BCUT2D eigenvalue weighted by Crippen LogP contribution is 2.24. The second kappa shape index (κ2) is 7.03. The van der Waals surface area contributed by atoms with Crippen LogP contribution in [-0.4, -0.2) is 31.1 Å². The van der Waals surface area contributed by atoms with Gasteiger partial charge in [0.2, 0.25) is 0 Å². The molecule has 0 saturated heterocycles. The average molecular weight is 285 g/mol. The summed E-state index contributed by atoms with van der Waals surface area (Å²) in [7, 11) is 0. The van der Waals surface area contributed by atoms with E-state index in [1.807, 2.05) is 18.2 Å². The quantitative estimate of drug-likeness (QED) is 0.648. The van der Waals surface area contributed by atoms with Crippen molar-refractivity contribution in [2.75, 3.05) is 31.5 Å². The van der Waals surface area contributed by atoms with Crippen LogP contribution in [0.3, 0.4) is 0 Å². The summed E-state index contributed by atoms with van der Waals surface area (Å²) in [4.78, 5) is 2.47. The van der Waals surface area contributed by atoms with E-state index in [0.29, 0.717) is 10.0 Å². The second-order valence-corrected chi connectivity index (χ2v) is 5.28. The number of halogens is 2. The van der Waals surface area contributed by atoms with E-state index in [0.717, 1.165) is 31.7 Å². The van der Waals surface area contributed by atoms with Crippen LogP contribution in [0.1, 0.15) is 12.8 Å². The van der Waals surface area contributed by atoms with Gasteiger partial charge in [0.1, 0.15) is 0 Å². The van der Waals surface area contributed by atoms with Crippen LogP contribution in [0.15, 0.2) is 30.4 Å². The lowest BCUT2D eigenvalue weighted by Crippen LogP contribution is -2.29. The first-order valence-corrected chi connectivity index (χ1v) is 7.07. The van der Waals surface area contributed by atoms with Gasteiger partial charge in [-0.05, 0) is 31.0 Å². The molecule has 0 amide bonds. The number of rotatable bonds is 5. The molecule has 1 N–H and O–H groups in total. The summed E-state index contributed by atoms with van der Waals surface area (Å²) in [6, 6.07) is 5.65. The summed E-state index contributed by atoms with van der Waals surface area (Å²) in [6.07, 6.45) is 6.81. The fourth-order valence-corrected chi connectivity index (χ4v) is 2.33. The van der Waals surface area contributed by atoms with E-state index in [4.69, 9.17) is 23.2 Å². The van der Waals surface area contributed by atoms with Crippen molar-refractivity contribution in [3.63, 3.8) is 0 Å². The molecule has 1 aliphatic heterocycles. The predicted molar refractivity (Wildman–Crippen MR) is 79.8 cm³/mol. The molecule has 0 aromatic heterocycles. The topological polar surface area (TPSA) is 15.3 Å². The lowest BCUT2D eigenvalue weighted by atomic mass is 10.2. The summed E-state index contributed by atoms with van der Waals surface area (Å²) in [5.74, 6) is 0. The van der Waals surface area contributed by atoms with Crippen molar-refractivity contribution in [3.8, 4) is 0 Å². The highest BCUT2D eigenvalue weighted by molar-refractivity contribution is 6.42. The first-order valence-electron chi connectivity index (χ1n) is 6.32. The van der Waals surface area contributed by atoms with Crippen LogP contribution in [0, 0.1) is 0 Å². The van der Waals surface area contributed by atoms with E-state index in [2.05, 4.69) is 22.4 Å². The van der Waals surface area contributed by atoms with Gasteiger partial charge >= 0.3 is 0 Å². The van der Waals surface area contributed by atoms with Crippen molar-refractivity contribution in [1.29, 1.82) is 0 Å². The van der Waals surface area contributed by atoms with Gasteiger partial charge in [-0.3, -0.25) is 4.90 Å². The molecule has 0 unspecified atom stereocenters. The Morgan fingerprint density at radius 1 is 1.17 bits per heavy atom. The molecule has 1 aromatic carbocycles. The van der Waals surface area contributed by atoms with Crippen molar-refractivity contribution in [2.24, 2.45) is 0 Å². The molecular formula is C14H18Cl2N2. The van der Waals surface area contributed by atoms with E-state index in [-0.39, 0.29) is 0 Å². The van der Waals surface area contributed by atoms with E-state index in [9.17, 15) is 0 Å². The maximum atomic E-state index is 5.96. The Hall–Kier alpha value is -0.700. The van der Waals surface area contributed by atoms with Gasteiger partial charge in [0.05, 0.1) is 10.0 Å². The van der Waals surface area contributed by atoms with E-state index in [1.54, 1.807) is 0 Å². The molecule has 18 heavy (non-hydrogen) atoms. The van der Waals surface area contributed by atoms with Gasteiger partial charge in [0, 0.05) is 31.9 Å². The lowest BCUT2D eigenvalue weighted by molar-refractivity contribution is 0.298. The molecular weight excluding hydrogens is 267 g/mol. The van der Waals surface area contributed by atoms with E-state index >= 15 is 0 Å².